The Hall–Kier alpha value is -2.25. The van der Waals surface area contributed by atoms with Crippen molar-refractivity contribution in [3.8, 4) is 0 Å². The van der Waals surface area contributed by atoms with E-state index in [2.05, 4.69) is 0 Å². The molecular weight excluding hydrogens is 391 g/mol. The Kier molecular flexibility index (Phi) is 5.69. The number of sulfonamides is 1. The minimum atomic E-state index is -3.53. The van der Waals surface area contributed by atoms with E-state index in [1.165, 1.54) is 10.4 Å². The second-order valence-corrected chi connectivity index (χ2v) is 9.72. The van der Waals surface area contributed by atoms with Crippen molar-refractivity contribution in [2.75, 3.05) is 13.1 Å². The second-order valence-electron chi connectivity index (χ2n) is 7.78. The van der Waals surface area contributed by atoms with E-state index in [-0.39, 0.29) is 35.1 Å². The summed E-state index contributed by atoms with van der Waals surface area (Å²) in [7, 11) is -3.53. The molecule has 2 aromatic rings. The number of rotatable bonds is 6. The Bertz CT molecular complexity index is 969. The first kappa shape index (κ1) is 20.0. The van der Waals surface area contributed by atoms with Crippen LogP contribution in [0.3, 0.4) is 0 Å². The molecule has 4 rings (SSSR count). The van der Waals surface area contributed by atoms with Crippen LogP contribution in [0.2, 0.25) is 0 Å². The maximum absolute atomic E-state index is 14.1. The van der Waals surface area contributed by atoms with Gasteiger partial charge in [0.25, 0.3) is 0 Å². The zero-order valence-electron chi connectivity index (χ0n) is 16.2. The average Bonchev–Trinajstić information content (AvgIpc) is 3.59. The highest BCUT2D eigenvalue weighted by molar-refractivity contribution is 7.89. The van der Waals surface area contributed by atoms with E-state index in [4.69, 9.17) is 0 Å². The van der Waals surface area contributed by atoms with Crippen LogP contribution in [0, 0.1) is 11.7 Å². The maximum Gasteiger partial charge on any atom is 0.243 e. The molecule has 1 saturated heterocycles. The average molecular weight is 417 g/mol. The highest BCUT2D eigenvalue weighted by Crippen LogP contribution is 2.33. The van der Waals surface area contributed by atoms with Crippen molar-refractivity contribution < 1.29 is 17.6 Å². The molecule has 2 aliphatic rings. The topological polar surface area (TPSA) is 57.7 Å². The minimum absolute atomic E-state index is 0.0208. The summed E-state index contributed by atoms with van der Waals surface area (Å²) in [5.74, 6) is -0.494. The van der Waals surface area contributed by atoms with Gasteiger partial charge in [-0.15, -0.1) is 0 Å². The van der Waals surface area contributed by atoms with Gasteiger partial charge in [0.2, 0.25) is 15.9 Å². The van der Waals surface area contributed by atoms with Gasteiger partial charge in [0.15, 0.2) is 0 Å². The fraction of sp³-hybridized carbons (Fsp3) is 0.409. The van der Waals surface area contributed by atoms with Crippen LogP contribution in [0.15, 0.2) is 59.5 Å². The van der Waals surface area contributed by atoms with E-state index in [9.17, 15) is 17.6 Å². The summed E-state index contributed by atoms with van der Waals surface area (Å²) < 4.78 is 41.1. The summed E-state index contributed by atoms with van der Waals surface area (Å²) in [6.07, 6.45) is 2.87. The van der Waals surface area contributed by atoms with Crippen molar-refractivity contribution in [2.45, 2.75) is 43.2 Å². The first-order valence-corrected chi connectivity index (χ1v) is 11.5. The molecule has 7 heteroatoms. The van der Waals surface area contributed by atoms with E-state index in [0.717, 1.165) is 12.8 Å². The van der Waals surface area contributed by atoms with Crippen LogP contribution in [0.25, 0.3) is 0 Å². The molecular formula is C22H25FN2O3S. The monoisotopic (exact) mass is 416 g/mol. The van der Waals surface area contributed by atoms with Gasteiger partial charge in [-0.3, -0.25) is 4.79 Å². The molecule has 29 heavy (non-hydrogen) atoms. The Morgan fingerprint density at radius 1 is 0.966 bits per heavy atom. The quantitative estimate of drug-likeness (QED) is 0.725. The van der Waals surface area contributed by atoms with Crippen molar-refractivity contribution in [1.82, 2.24) is 9.21 Å². The molecule has 0 atom stereocenters. The lowest BCUT2D eigenvalue weighted by Gasteiger charge is -2.34. The van der Waals surface area contributed by atoms with Gasteiger partial charge in [0, 0.05) is 37.2 Å². The molecule has 0 aromatic heterocycles. The molecule has 1 aliphatic carbocycles. The smallest absolute Gasteiger partial charge is 0.243 e. The molecule has 5 nitrogen and oxygen atoms in total. The highest BCUT2D eigenvalue weighted by atomic mass is 32.2. The van der Waals surface area contributed by atoms with Gasteiger partial charge >= 0.3 is 0 Å². The van der Waals surface area contributed by atoms with Crippen LogP contribution >= 0.6 is 0 Å². The number of carbonyl (C=O) groups is 1. The Balaban J connectivity index is 1.42. The number of amides is 1. The predicted molar refractivity (Wildman–Crippen MR) is 108 cm³/mol. The fourth-order valence-electron chi connectivity index (χ4n) is 3.90. The summed E-state index contributed by atoms with van der Waals surface area (Å²) in [4.78, 5) is 15.2. The molecule has 0 spiro atoms. The molecule has 0 N–H and O–H groups in total. The number of hydrogen-bond acceptors (Lipinski definition) is 3. The second kappa shape index (κ2) is 8.24. The zero-order valence-corrected chi connectivity index (χ0v) is 17.0. The van der Waals surface area contributed by atoms with Crippen molar-refractivity contribution in [2.24, 2.45) is 5.92 Å². The number of piperidine rings is 1. The molecule has 0 bridgehead atoms. The Labute approximate surface area is 171 Å². The summed E-state index contributed by atoms with van der Waals surface area (Å²) in [5.41, 5.74) is 0.525. The Morgan fingerprint density at radius 2 is 1.59 bits per heavy atom. The minimum Gasteiger partial charge on any atom is -0.335 e. The van der Waals surface area contributed by atoms with Gasteiger partial charge < -0.3 is 4.90 Å². The van der Waals surface area contributed by atoms with Crippen molar-refractivity contribution >= 4 is 15.9 Å². The summed E-state index contributed by atoms with van der Waals surface area (Å²) in [6.45, 7) is 0.927. The SMILES string of the molecule is O=C(C1CCN(S(=O)(=O)c2ccccc2)CC1)N(Cc1ccccc1F)C1CC1. The molecule has 1 heterocycles. The van der Waals surface area contributed by atoms with E-state index < -0.39 is 10.0 Å². The van der Waals surface area contributed by atoms with Crippen LogP contribution in [0.5, 0.6) is 0 Å². The molecule has 1 aliphatic heterocycles. The van der Waals surface area contributed by atoms with Crippen molar-refractivity contribution in [1.29, 1.82) is 0 Å². The molecule has 1 amide bonds. The normalized spacial score (nSPS) is 18.5. The van der Waals surface area contributed by atoms with Gasteiger partial charge in [-0.05, 0) is 43.9 Å². The maximum atomic E-state index is 14.1. The molecule has 0 unspecified atom stereocenters. The lowest BCUT2D eigenvalue weighted by atomic mass is 9.96. The number of benzene rings is 2. The van der Waals surface area contributed by atoms with E-state index in [1.54, 1.807) is 53.4 Å². The molecule has 2 fully saturated rings. The van der Waals surface area contributed by atoms with Crippen LogP contribution < -0.4 is 0 Å². The van der Waals surface area contributed by atoms with E-state index in [1.807, 2.05) is 0 Å². The fourth-order valence-corrected chi connectivity index (χ4v) is 5.39. The lowest BCUT2D eigenvalue weighted by Crippen LogP contribution is -2.44. The predicted octanol–water partition coefficient (Wildman–Crippen LogP) is 3.42. The third-order valence-corrected chi connectivity index (χ3v) is 7.67. The lowest BCUT2D eigenvalue weighted by molar-refractivity contribution is -0.138. The van der Waals surface area contributed by atoms with Gasteiger partial charge in [-0.1, -0.05) is 36.4 Å². The largest absolute Gasteiger partial charge is 0.335 e. The van der Waals surface area contributed by atoms with Gasteiger partial charge in [-0.25, -0.2) is 12.8 Å². The standard InChI is InChI=1S/C22H25FN2O3S/c23-21-9-5-4-6-18(21)16-25(19-10-11-19)22(26)17-12-14-24(15-13-17)29(27,28)20-7-2-1-3-8-20/h1-9,17,19H,10-16H2. The first-order chi connectivity index (χ1) is 14.0. The summed E-state index contributed by atoms with van der Waals surface area (Å²) >= 11 is 0. The highest BCUT2D eigenvalue weighted by Gasteiger charge is 2.38. The third-order valence-electron chi connectivity index (χ3n) is 5.75. The number of carbonyl (C=O) groups excluding carboxylic acids is 1. The number of hydrogen-bond donors (Lipinski definition) is 0. The third kappa shape index (κ3) is 4.36. The zero-order chi connectivity index (χ0) is 20.4. The Morgan fingerprint density at radius 3 is 2.21 bits per heavy atom. The van der Waals surface area contributed by atoms with Gasteiger partial charge in [0.05, 0.1) is 4.90 Å². The summed E-state index contributed by atoms with van der Waals surface area (Å²) in [6, 6.07) is 15.1. The van der Waals surface area contributed by atoms with E-state index in [0.29, 0.717) is 31.5 Å². The molecule has 0 radical (unpaired) electrons. The molecule has 1 saturated carbocycles. The molecule has 2 aromatic carbocycles. The van der Waals surface area contributed by atoms with E-state index >= 15 is 0 Å². The first-order valence-electron chi connectivity index (χ1n) is 10.1. The molecule has 154 valence electrons. The van der Waals surface area contributed by atoms with Crippen molar-refractivity contribution in [3.63, 3.8) is 0 Å². The number of halogens is 1. The summed E-state index contributed by atoms with van der Waals surface area (Å²) in [5, 5.41) is 0. The van der Waals surface area contributed by atoms with Crippen LogP contribution in [-0.4, -0.2) is 42.7 Å². The van der Waals surface area contributed by atoms with Gasteiger partial charge in [-0.2, -0.15) is 4.31 Å². The number of nitrogens with zero attached hydrogens (tertiary/aromatic N) is 2. The van der Waals surface area contributed by atoms with Crippen molar-refractivity contribution in [3.05, 3.63) is 66.0 Å². The van der Waals surface area contributed by atoms with Gasteiger partial charge in [0.1, 0.15) is 5.82 Å². The van der Waals surface area contributed by atoms with Crippen LogP contribution in [0.4, 0.5) is 4.39 Å². The van der Waals surface area contributed by atoms with Crippen LogP contribution in [0.1, 0.15) is 31.2 Å². The van der Waals surface area contributed by atoms with Crippen LogP contribution in [-0.2, 0) is 21.4 Å².